The van der Waals surface area contributed by atoms with E-state index < -0.39 is 23.6 Å². The number of pyridine rings is 1. The number of aromatic nitrogens is 2. The quantitative estimate of drug-likeness (QED) is 0.347. The minimum Gasteiger partial charge on any atom is -0.508 e. The highest BCUT2D eigenvalue weighted by Gasteiger charge is 2.58. The van der Waals surface area contributed by atoms with E-state index in [9.17, 15) is 14.3 Å². The van der Waals surface area contributed by atoms with Crippen molar-refractivity contribution in [3.63, 3.8) is 0 Å². The standard InChI is InChI=1S/C30H26F2N4O2/c1-17-11-18(9-10-30-14-19(30)15-36(2)16-30)12-24(33-17)29(38)35-27(22-13-20(31)7-8-25(22)37)28-26(32)21-5-3-4-6-23(21)34-28/h3-8,11-13,19,27,34,37H,14-16H2,1-2H3,(H,35,38)/t19-,27?,30+/m1/s1. The van der Waals surface area contributed by atoms with Gasteiger partial charge in [0, 0.05) is 46.2 Å². The SMILES string of the molecule is Cc1cc(C#C[C@@]23C[C@@H]2CN(C)C3)cc(C(=O)NC(c2cc(F)ccc2O)c2[nH]c3ccccc3c2F)n1. The van der Waals surface area contributed by atoms with Crippen molar-refractivity contribution in [2.45, 2.75) is 19.4 Å². The number of para-hydroxylation sites is 1. The molecule has 3 heterocycles. The largest absolute Gasteiger partial charge is 0.508 e. The Balaban J connectivity index is 1.36. The van der Waals surface area contributed by atoms with Crippen LogP contribution in [0.4, 0.5) is 8.78 Å². The van der Waals surface area contributed by atoms with Crippen LogP contribution in [0, 0.1) is 41.7 Å². The summed E-state index contributed by atoms with van der Waals surface area (Å²) in [4.78, 5) is 23.1. The lowest BCUT2D eigenvalue weighted by Gasteiger charge is -2.20. The van der Waals surface area contributed by atoms with Crippen molar-refractivity contribution < 1.29 is 18.7 Å². The number of hydrogen-bond donors (Lipinski definition) is 3. The summed E-state index contributed by atoms with van der Waals surface area (Å²) in [6.07, 6.45) is 1.09. The summed E-state index contributed by atoms with van der Waals surface area (Å²) in [7, 11) is 2.09. The second kappa shape index (κ2) is 8.96. The van der Waals surface area contributed by atoms with Crippen LogP contribution in [0.5, 0.6) is 5.75 Å². The number of amides is 1. The Morgan fingerprint density at radius 1 is 1.24 bits per heavy atom. The van der Waals surface area contributed by atoms with Gasteiger partial charge >= 0.3 is 0 Å². The number of likely N-dealkylation sites (tertiary alicyclic amines) is 1. The van der Waals surface area contributed by atoms with Crippen molar-refractivity contribution >= 4 is 16.8 Å². The summed E-state index contributed by atoms with van der Waals surface area (Å²) in [5.74, 6) is 5.13. The Morgan fingerprint density at radius 2 is 2.05 bits per heavy atom. The minimum absolute atomic E-state index is 0.00246. The first-order chi connectivity index (χ1) is 18.2. The van der Waals surface area contributed by atoms with Crippen molar-refractivity contribution in [3.05, 3.63) is 94.4 Å². The molecule has 1 amide bonds. The van der Waals surface area contributed by atoms with Gasteiger partial charge in [-0.15, -0.1) is 0 Å². The van der Waals surface area contributed by atoms with E-state index in [1.807, 2.05) is 6.07 Å². The van der Waals surface area contributed by atoms with E-state index in [4.69, 9.17) is 0 Å². The molecule has 6 rings (SSSR count). The van der Waals surface area contributed by atoms with E-state index in [2.05, 4.69) is 39.1 Å². The molecule has 192 valence electrons. The molecule has 2 aromatic heterocycles. The molecule has 1 saturated carbocycles. The van der Waals surface area contributed by atoms with Crippen LogP contribution >= 0.6 is 0 Å². The molecule has 2 aliphatic rings. The zero-order valence-corrected chi connectivity index (χ0v) is 21.0. The number of aromatic hydroxyl groups is 1. The maximum Gasteiger partial charge on any atom is 0.270 e. The van der Waals surface area contributed by atoms with E-state index in [1.54, 1.807) is 37.3 Å². The Morgan fingerprint density at radius 3 is 2.82 bits per heavy atom. The first kappa shape index (κ1) is 24.1. The maximum atomic E-state index is 15.5. The Bertz CT molecular complexity index is 1650. The first-order valence-corrected chi connectivity index (χ1v) is 12.5. The summed E-state index contributed by atoms with van der Waals surface area (Å²) < 4.78 is 29.7. The van der Waals surface area contributed by atoms with Crippen molar-refractivity contribution in [3.8, 4) is 17.6 Å². The Hall–Kier alpha value is -4.22. The highest BCUT2D eigenvalue weighted by molar-refractivity contribution is 5.93. The number of fused-ring (bicyclic) bond motifs is 2. The molecule has 38 heavy (non-hydrogen) atoms. The van der Waals surface area contributed by atoms with Crippen LogP contribution in [0.1, 0.15) is 45.5 Å². The van der Waals surface area contributed by atoms with Gasteiger partial charge in [-0.1, -0.05) is 24.0 Å². The zero-order chi connectivity index (χ0) is 26.6. The van der Waals surface area contributed by atoms with E-state index in [0.29, 0.717) is 28.1 Å². The third kappa shape index (κ3) is 4.29. The van der Waals surface area contributed by atoms with Crippen LogP contribution in [-0.2, 0) is 0 Å². The third-order valence-electron chi connectivity index (χ3n) is 7.49. The van der Waals surface area contributed by atoms with Crippen LogP contribution < -0.4 is 5.32 Å². The topological polar surface area (TPSA) is 81.3 Å². The number of carbonyl (C=O) groups is 1. The van der Waals surface area contributed by atoms with Crippen LogP contribution in [-0.4, -0.2) is 46.0 Å². The molecule has 0 radical (unpaired) electrons. The van der Waals surface area contributed by atoms with Crippen LogP contribution in [0.25, 0.3) is 10.9 Å². The van der Waals surface area contributed by atoms with Crippen LogP contribution in [0.15, 0.2) is 54.6 Å². The molecule has 0 spiro atoms. The number of halogens is 2. The number of rotatable bonds is 4. The second-order valence-corrected chi connectivity index (χ2v) is 10.4. The fraction of sp³-hybridized carbons (Fsp3) is 0.267. The van der Waals surface area contributed by atoms with Gasteiger partial charge in [0.2, 0.25) is 0 Å². The number of nitrogens with zero attached hydrogens (tertiary/aromatic N) is 2. The zero-order valence-electron chi connectivity index (χ0n) is 21.0. The monoisotopic (exact) mass is 512 g/mol. The predicted molar refractivity (Wildman–Crippen MR) is 140 cm³/mol. The van der Waals surface area contributed by atoms with Gasteiger partial charge in [-0.05, 0) is 68.8 Å². The molecule has 1 unspecified atom stereocenters. The number of phenolic OH excluding ortho intramolecular Hbond substituents is 1. The van der Waals surface area contributed by atoms with E-state index in [0.717, 1.165) is 31.6 Å². The van der Waals surface area contributed by atoms with Gasteiger partial charge in [-0.2, -0.15) is 0 Å². The Labute approximate surface area is 218 Å². The number of hydrogen-bond acceptors (Lipinski definition) is 4. The van der Waals surface area contributed by atoms with Gasteiger partial charge in [0.25, 0.3) is 5.91 Å². The molecule has 1 aliphatic carbocycles. The number of nitrogens with one attached hydrogen (secondary N) is 2. The first-order valence-electron chi connectivity index (χ1n) is 12.5. The summed E-state index contributed by atoms with van der Waals surface area (Å²) in [5.41, 5.74) is 1.92. The minimum atomic E-state index is -1.21. The number of H-pyrrole nitrogens is 1. The van der Waals surface area contributed by atoms with Gasteiger partial charge in [0.05, 0.1) is 5.69 Å². The molecule has 3 atom stereocenters. The van der Waals surface area contributed by atoms with E-state index >= 15 is 4.39 Å². The lowest BCUT2D eigenvalue weighted by Crippen LogP contribution is -2.31. The van der Waals surface area contributed by atoms with Crippen LogP contribution in [0.3, 0.4) is 0 Å². The Kier molecular flexibility index (Phi) is 5.69. The molecule has 0 bridgehead atoms. The van der Waals surface area contributed by atoms with Gasteiger partial charge in [-0.25, -0.2) is 13.8 Å². The molecule has 6 nitrogen and oxygen atoms in total. The van der Waals surface area contributed by atoms with Gasteiger partial charge in [-0.3, -0.25) is 4.79 Å². The van der Waals surface area contributed by atoms with Gasteiger partial charge in [0.1, 0.15) is 23.3 Å². The van der Waals surface area contributed by atoms with Gasteiger partial charge < -0.3 is 20.3 Å². The fourth-order valence-corrected chi connectivity index (χ4v) is 5.58. The molecular formula is C30H26F2N4O2. The number of phenols is 1. The predicted octanol–water partition coefficient (Wildman–Crippen LogP) is 4.68. The summed E-state index contributed by atoms with van der Waals surface area (Å²) >= 11 is 0. The number of benzene rings is 2. The highest BCUT2D eigenvalue weighted by Crippen LogP contribution is 2.56. The van der Waals surface area contributed by atoms with E-state index in [1.165, 1.54) is 6.07 Å². The number of carbonyl (C=O) groups excluding carboxylic acids is 1. The number of aryl methyl sites for hydroxylation is 1. The smallest absolute Gasteiger partial charge is 0.270 e. The maximum absolute atomic E-state index is 15.5. The lowest BCUT2D eigenvalue weighted by molar-refractivity contribution is 0.0936. The molecule has 3 N–H and O–H groups in total. The van der Waals surface area contributed by atoms with E-state index in [-0.39, 0.29) is 28.1 Å². The molecule has 2 aromatic carbocycles. The molecule has 1 aliphatic heterocycles. The second-order valence-electron chi connectivity index (χ2n) is 10.4. The number of aromatic amines is 1. The van der Waals surface area contributed by atoms with Crippen LogP contribution in [0.2, 0.25) is 0 Å². The summed E-state index contributed by atoms with van der Waals surface area (Å²) in [6.45, 7) is 3.77. The lowest BCUT2D eigenvalue weighted by atomic mass is 10.0. The highest BCUT2D eigenvalue weighted by atomic mass is 19.1. The molecular weight excluding hydrogens is 486 g/mol. The molecule has 1 saturated heterocycles. The molecule has 4 aromatic rings. The molecule has 8 heteroatoms. The fourth-order valence-electron chi connectivity index (χ4n) is 5.58. The number of piperidine rings is 1. The van der Waals surface area contributed by atoms with Crippen molar-refractivity contribution in [2.75, 3.05) is 20.1 Å². The van der Waals surface area contributed by atoms with Crippen molar-refractivity contribution in [1.29, 1.82) is 0 Å². The van der Waals surface area contributed by atoms with Crippen molar-refractivity contribution in [2.24, 2.45) is 11.3 Å². The summed E-state index contributed by atoms with van der Waals surface area (Å²) in [6, 6.07) is 12.3. The average molecular weight is 513 g/mol. The van der Waals surface area contributed by atoms with Crippen molar-refractivity contribution in [1.82, 2.24) is 20.2 Å². The average Bonchev–Trinajstić information content (AvgIpc) is 3.28. The third-order valence-corrected chi connectivity index (χ3v) is 7.49. The molecule has 2 fully saturated rings. The summed E-state index contributed by atoms with van der Waals surface area (Å²) in [5, 5.41) is 13.6. The normalized spacial score (nSPS) is 21.0. The van der Waals surface area contributed by atoms with Gasteiger partial charge in [0.15, 0.2) is 5.82 Å².